The quantitative estimate of drug-likeness (QED) is 0.760. The standard InChI is InChI=1S/C20H24N6O2/c27-19-14-5-3-6-15(18(14)16-7-4-10-26(16)19)21-20(28)22-17-11-13(23-24-17)12-25-8-1-2-9-25/h3,5-6,11,16H,1-2,4,7-10,12H2,(H3,21,22,23,24,28). The summed E-state index contributed by atoms with van der Waals surface area (Å²) >= 11 is 0. The maximum absolute atomic E-state index is 12.5. The fourth-order valence-corrected chi connectivity index (χ4v) is 4.64. The molecule has 28 heavy (non-hydrogen) atoms. The zero-order valence-electron chi connectivity index (χ0n) is 15.7. The van der Waals surface area contributed by atoms with Crippen LogP contribution in [0.4, 0.5) is 16.3 Å². The molecular formula is C20H24N6O2. The number of carbonyl (C=O) groups is 2. The van der Waals surface area contributed by atoms with E-state index in [0.717, 1.165) is 50.3 Å². The van der Waals surface area contributed by atoms with E-state index in [9.17, 15) is 9.59 Å². The SMILES string of the molecule is O=C(Nc1cc(CN2CCCC2)[nH]n1)Nc1cccc2c1C1CCCN1C2=O. The first-order chi connectivity index (χ1) is 13.7. The van der Waals surface area contributed by atoms with Gasteiger partial charge in [-0.2, -0.15) is 5.10 Å². The highest BCUT2D eigenvalue weighted by molar-refractivity contribution is 6.05. The molecule has 0 radical (unpaired) electrons. The normalized spacial score (nSPS) is 21.1. The molecule has 0 aliphatic carbocycles. The lowest BCUT2D eigenvalue weighted by atomic mass is 10.0. The number of anilines is 2. The second kappa shape index (κ2) is 6.94. The highest BCUT2D eigenvalue weighted by atomic mass is 16.2. The molecule has 1 unspecified atom stereocenters. The smallest absolute Gasteiger partial charge is 0.324 e. The summed E-state index contributed by atoms with van der Waals surface area (Å²) in [6.45, 7) is 3.83. The zero-order valence-corrected chi connectivity index (χ0v) is 15.7. The van der Waals surface area contributed by atoms with Gasteiger partial charge >= 0.3 is 6.03 Å². The molecule has 146 valence electrons. The highest BCUT2D eigenvalue weighted by Crippen LogP contribution is 2.44. The molecule has 0 spiro atoms. The van der Waals surface area contributed by atoms with Crippen molar-refractivity contribution in [3.63, 3.8) is 0 Å². The summed E-state index contributed by atoms with van der Waals surface area (Å²) in [5.41, 5.74) is 3.34. The van der Waals surface area contributed by atoms with Crippen LogP contribution >= 0.6 is 0 Å². The van der Waals surface area contributed by atoms with Crippen LogP contribution in [-0.4, -0.2) is 51.6 Å². The van der Waals surface area contributed by atoms with Gasteiger partial charge in [0.1, 0.15) is 0 Å². The third kappa shape index (κ3) is 3.03. The van der Waals surface area contributed by atoms with Gasteiger partial charge < -0.3 is 10.2 Å². The number of likely N-dealkylation sites (tertiary alicyclic amines) is 1. The number of nitrogens with one attached hydrogen (secondary N) is 3. The van der Waals surface area contributed by atoms with Crippen LogP contribution < -0.4 is 10.6 Å². The van der Waals surface area contributed by atoms with Gasteiger partial charge in [0.05, 0.1) is 11.7 Å². The van der Waals surface area contributed by atoms with E-state index in [4.69, 9.17) is 0 Å². The van der Waals surface area contributed by atoms with E-state index in [-0.39, 0.29) is 18.0 Å². The monoisotopic (exact) mass is 380 g/mol. The molecule has 0 saturated carbocycles. The van der Waals surface area contributed by atoms with Crippen molar-refractivity contribution in [2.75, 3.05) is 30.3 Å². The van der Waals surface area contributed by atoms with Crippen molar-refractivity contribution in [2.45, 2.75) is 38.3 Å². The van der Waals surface area contributed by atoms with Gasteiger partial charge in [0.2, 0.25) is 0 Å². The fourth-order valence-electron chi connectivity index (χ4n) is 4.64. The first-order valence-electron chi connectivity index (χ1n) is 9.97. The molecule has 2 fully saturated rings. The molecule has 3 aliphatic heterocycles. The van der Waals surface area contributed by atoms with E-state index < -0.39 is 0 Å². The minimum Gasteiger partial charge on any atom is -0.331 e. The average Bonchev–Trinajstić information content (AvgIpc) is 3.45. The van der Waals surface area contributed by atoms with Crippen molar-refractivity contribution in [1.82, 2.24) is 20.0 Å². The molecule has 0 bridgehead atoms. The Balaban J connectivity index is 1.27. The van der Waals surface area contributed by atoms with E-state index >= 15 is 0 Å². The number of aromatic nitrogens is 2. The lowest BCUT2D eigenvalue weighted by molar-refractivity contribution is 0.0776. The third-order valence-electron chi connectivity index (χ3n) is 5.90. The van der Waals surface area contributed by atoms with Gasteiger partial charge in [-0.1, -0.05) is 6.07 Å². The molecule has 3 amide bonds. The largest absolute Gasteiger partial charge is 0.331 e. The van der Waals surface area contributed by atoms with Crippen LogP contribution in [0.1, 0.15) is 53.3 Å². The van der Waals surface area contributed by atoms with E-state index in [2.05, 4.69) is 25.7 Å². The molecule has 1 atom stereocenters. The Morgan fingerprint density at radius 1 is 1.18 bits per heavy atom. The van der Waals surface area contributed by atoms with Gasteiger partial charge in [-0.05, 0) is 50.9 Å². The molecule has 1 aromatic carbocycles. The summed E-state index contributed by atoms with van der Waals surface area (Å²) in [6.07, 6.45) is 4.43. The molecule has 1 aromatic heterocycles. The third-order valence-corrected chi connectivity index (χ3v) is 5.90. The summed E-state index contributed by atoms with van der Waals surface area (Å²) in [6, 6.07) is 7.12. The van der Waals surface area contributed by atoms with Crippen LogP contribution in [0.5, 0.6) is 0 Å². The Morgan fingerprint density at radius 3 is 2.89 bits per heavy atom. The summed E-state index contributed by atoms with van der Waals surface area (Å²) in [7, 11) is 0. The van der Waals surface area contributed by atoms with Crippen molar-refractivity contribution in [3.8, 4) is 0 Å². The molecule has 2 saturated heterocycles. The number of benzene rings is 1. The van der Waals surface area contributed by atoms with E-state index in [0.29, 0.717) is 17.1 Å². The number of nitrogens with zero attached hydrogens (tertiary/aromatic N) is 3. The van der Waals surface area contributed by atoms with Crippen LogP contribution in [-0.2, 0) is 6.54 Å². The summed E-state index contributed by atoms with van der Waals surface area (Å²) in [4.78, 5) is 29.3. The number of aromatic amines is 1. The fraction of sp³-hybridized carbons (Fsp3) is 0.450. The lowest BCUT2D eigenvalue weighted by Gasteiger charge is -2.17. The molecule has 5 rings (SSSR count). The summed E-state index contributed by atoms with van der Waals surface area (Å²) in [5.74, 6) is 0.568. The maximum Gasteiger partial charge on any atom is 0.324 e. The van der Waals surface area contributed by atoms with Crippen molar-refractivity contribution < 1.29 is 9.59 Å². The second-order valence-corrected chi connectivity index (χ2v) is 7.76. The number of urea groups is 1. The van der Waals surface area contributed by atoms with Crippen LogP contribution in [0.15, 0.2) is 24.3 Å². The van der Waals surface area contributed by atoms with Gasteiger partial charge in [0.25, 0.3) is 5.91 Å². The first-order valence-corrected chi connectivity index (χ1v) is 9.97. The van der Waals surface area contributed by atoms with Gasteiger partial charge in [-0.15, -0.1) is 0 Å². The van der Waals surface area contributed by atoms with E-state index in [1.54, 1.807) is 0 Å². The van der Waals surface area contributed by atoms with Crippen molar-refractivity contribution in [3.05, 3.63) is 41.1 Å². The number of H-pyrrole nitrogens is 1. The Morgan fingerprint density at radius 2 is 2.04 bits per heavy atom. The molecule has 4 heterocycles. The Labute approximate surface area is 163 Å². The number of fused-ring (bicyclic) bond motifs is 3. The first kappa shape index (κ1) is 17.2. The van der Waals surface area contributed by atoms with Crippen LogP contribution in [0.25, 0.3) is 0 Å². The number of rotatable bonds is 4. The predicted octanol–water partition coefficient (Wildman–Crippen LogP) is 2.94. The van der Waals surface area contributed by atoms with Gasteiger partial charge in [0, 0.05) is 36.0 Å². The maximum atomic E-state index is 12.5. The molecule has 3 N–H and O–H groups in total. The van der Waals surface area contributed by atoms with Gasteiger partial charge in [-0.25, -0.2) is 4.79 Å². The van der Waals surface area contributed by atoms with Crippen molar-refractivity contribution in [2.24, 2.45) is 0 Å². The summed E-state index contributed by atoms with van der Waals surface area (Å²) in [5, 5.41) is 12.9. The molecule has 2 aromatic rings. The summed E-state index contributed by atoms with van der Waals surface area (Å²) < 4.78 is 0. The predicted molar refractivity (Wildman–Crippen MR) is 105 cm³/mol. The Kier molecular flexibility index (Phi) is 4.27. The molecular weight excluding hydrogens is 356 g/mol. The lowest BCUT2D eigenvalue weighted by Crippen LogP contribution is -2.23. The van der Waals surface area contributed by atoms with Crippen LogP contribution in [0.3, 0.4) is 0 Å². The number of amides is 3. The van der Waals surface area contributed by atoms with Crippen molar-refractivity contribution >= 4 is 23.4 Å². The highest BCUT2D eigenvalue weighted by Gasteiger charge is 2.41. The van der Waals surface area contributed by atoms with E-state index in [1.807, 2.05) is 29.2 Å². The van der Waals surface area contributed by atoms with Crippen LogP contribution in [0, 0.1) is 0 Å². The Hall–Kier alpha value is -2.87. The number of hydrogen-bond acceptors (Lipinski definition) is 4. The van der Waals surface area contributed by atoms with E-state index in [1.165, 1.54) is 12.8 Å². The van der Waals surface area contributed by atoms with Crippen molar-refractivity contribution in [1.29, 1.82) is 0 Å². The Bertz CT molecular complexity index is 917. The number of carbonyl (C=O) groups excluding carboxylic acids is 2. The molecule has 3 aliphatic rings. The average molecular weight is 380 g/mol. The van der Waals surface area contributed by atoms with Crippen LogP contribution in [0.2, 0.25) is 0 Å². The van der Waals surface area contributed by atoms with Gasteiger partial charge in [0.15, 0.2) is 5.82 Å². The second-order valence-electron chi connectivity index (χ2n) is 7.76. The minimum absolute atomic E-state index is 0.0698. The van der Waals surface area contributed by atoms with Gasteiger partial charge in [-0.3, -0.25) is 20.1 Å². The molecule has 8 nitrogen and oxygen atoms in total. The zero-order chi connectivity index (χ0) is 19.1. The minimum atomic E-state index is -0.350. The topological polar surface area (TPSA) is 93.4 Å². The number of hydrogen-bond donors (Lipinski definition) is 3. The molecule has 8 heteroatoms.